The molecule has 0 aliphatic heterocycles. The summed E-state index contributed by atoms with van der Waals surface area (Å²) in [7, 11) is 0. The van der Waals surface area contributed by atoms with Crippen LogP contribution >= 0.6 is 0 Å². The zero-order valence-corrected chi connectivity index (χ0v) is 6.03. The van der Waals surface area contributed by atoms with Crippen molar-refractivity contribution < 1.29 is 9.63 Å². The zero-order chi connectivity index (χ0) is 7.84. The molecule has 0 saturated carbocycles. The van der Waals surface area contributed by atoms with Gasteiger partial charge in [-0.2, -0.15) is 0 Å². The minimum Gasteiger partial charge on any atom is -0.507 e. The van der Waals surface area contributed by atoms with Gasteiger partial charge in [0.1, 0.15) is 17.0 Å². The first-order valence-electron chi connectivity index (χ1n) is 3.33. The fourth-order valence-corrected chi connectivity index (χ4v) is 1.13. The molecule has 0 spiro atoms. The number of phenolic OH excluding ortho intramolecular Hbond substituents is 1. The topological polar surface area (TPSA) is 46.3 Å². The molecule has 0 fully saturated rings. The number of phenols is 1. The molecule has 0 aliphatic carbocycles. The Balaban J connectivity index is 2.96. The van der Waals surface area contributed by atoms with E-state index in [0.29, 0.717) is 16.7 Å². The molecule has 0 unspecified atom stereocenters. The van der Waals surface area contributed by atoms with Crippen LogP contribution in [0.3, 0.4) is 0 Å². The molecule has 3 heteroatoms. The highest BCUT2D eigenvalue weighted by molar-refractivity contribution is 5.86. The minimum atomic E-state index is 0.223. The molecule has 1 aromatic heterocycles. The molecule has 0 atom stereocenters. The fourth-order valence-electron chi connectivity index (χ4n) is 1.13. The van der Waals surface area contributed by atoms with Crippen LogP contribution < -0.4 is 0 Å². The largest absolute Gasteiger partial charge is 0.507 e. The molecule has 2 aromatic rings. The van der Waals surface area contributed by atoms with E-state index >= 15 is 0 Å². The van der Waals surface area contributed by atoms with E-state index in [1.807, 2.05) is 0 Å². The Kier molecular flexibility index (Phi) is 1.12. The number of benzene rings is 1. The van der Waals surface area contributed by atoms with Crippen LogP contribution in [0.15, 0.2) is 22.7 Å². The molecule has 0 bridgehead atoms. The van der Waals surface area contributed by atoms with E-state index in [1.54, 1.807) is 25.1 Å². The van der Waals surface area contributed by atoms with Gasteiger partial charge in [-0.25, -0.2) is 0 Å². The van der Waals surface area contributed by atoms with Gasteiger partial charge in [0.2, 0.25) is 0 Å². The number of nitrogens with zero attached hydrogens (tertiary/aromatic N) is 1. The van der Waals surface area contributed by atoms with Crippen molar-refractivity contribution >= 4 is 10.9 Å². The Morgan fingerprint density at radius 3 is 3.00 bits per heavy atom. The van der Waals surface area contributed by atoms with E-state index in [-0.39, 0.29) is 5.75 Å². The number of rotatable bonds is 0. The van der Waals surface area contributed by atoms with Crippen LogP contribution in [0.5, 0.6) is 5.75 Å². The number of aromatic hydroxyl groups is 1. The van der Waals surface area contributed by atoms with Crippen LogP contribution in [0.1, 0.15) is 5.76 Å². The summed E-state index contributed by atoms with van der Waals surface area (Å²) in [5.41, 5.74) is 0.697. The van der Waals surface area contributed by atoms with Crippen LogP contribution in [0, 0.1) is 6.92 Å². The van der Waals surface area contributed by atoms with Crippen molar-refractivity contribution in [2.75, 3.05) is 0 Å². The summed E-state index contributed by atoms with van der Waals surface area (Å²) in [6.07, 6.45) is 0. The summed E-state index contributed by atoms with van der Waals surface area (Å²) in [6, 6.07) is 5.15. The lowest BCUT2D eigenvalue weighted by Crippen LogP contribution is -1.69. The van der Waals surface area contributed by atoms with E-state index in [9.17, 15) is 5.11 Å². The van der Waals surface area contributed by atoms with E-state index in [2.05, 4.69) is 5.16 Å². The third kappa shape index (κ3) is 0.774. The summed E-state index contributed by atoms with van der Waals surface area (Å²) in [5, 5.41) is 13.8. The molecule has 3 nitrogen and oxygen atoms in total. The van der Waals surface area contributed by atoms with E-state index < -0.39 is 0 Å². The average molecular weight is 149 g/mol. The molecular formula is C8H7NO2. The van der Waals surface area contributed by atoms with Crippen molar-refractivity contribution in [3.05, 3.63) is 24.0 Å². The van der Waals surface area contributed by atoms with Gasteiger partial charge in [-0.3, -0.25) is 0 Å². The van der Waals surface area contributed by atoms with Crippen molar-refractivity contribution in [2.24, 2.45) is 0 Å². The normalized spacial score (nSPS) is 10.6. The van der Waals surface area contributed by atoms with Crippen LogP contribution in [0.4, 0.5) is 0 Å². The Hall–Kier alpha value is -1.51. The molecule has 1 N–H and O–H groups in total. The highest BCUT2D eigenvalue weighted by Gasteiger charge is 2.06. The quantitative estimate of drug-likeness (QED) is 0.621. The molecule has 0 amide bonds. The predicted molar refractivity (Wildman–Crippen MR) is 40.4 cm³/mol. The maximum atomic E-state index is 9.34. The monoisotopic (exact) mass is 149 g/mol. The van der Waals surface area contributed by atoms with Crippen LogP contribution in [-0.4, -0.2) is 10.3 Å². The Labute approximate surface area is 63.2 Å². The fraction of sp³-hybridized carbons (Fsp3) is 0.125. The molecule has 0 saturated heterocycles. The van der Waals surface area contributed by atoms with Gasteiger partial charge in [0.15, 0.2) is 0 Å². The second-order valence-electron chi connectivity index (χ2n) is 2.41. The molecule has 0 radical (unpaired) electrons. The second-order valence-corrected chi connectivity index (χ2v) is 2.41. The Bertz CT molecular complexity index is 392. The van der Waals surface area contributed by atoms with Gasteiger partial charge in [0.25, 0.3) is 0 Å². The maximum Gasteiger partial charge on any atom is 0.145 e. The van der Waals surface area contributed by atoms with Gasteiger partial charge in [0, 0.05) is 0 Å². The molecule has 56 valence electrons. The van der Waals surface area contributed by atoms with Gasteiger partial charge in [-0.15, -0.1) is 0 Å². The highest BCUT2D eigenvalue weighted by Crippen LogP contribution is 2.26. The Morgan fingerprint density at radius 1 is 1.45 bits per heavy atom. The number of hydrogen-bond acceptors (Lipinski definition) is 3. The van der Waals surface area contributed by atoms with Crippen LogP contribution in [-0.2, 0) is 0 Å². The van der Waals surface area contributed by atoms with Gasteiger partial charge in [-0.1, -0.05) is 11.2 Å². The number of fused-ring (bicyclic) bond motifs is 1. The zero-order valence-electron chi connectivity index (χ0n) is 6.03. The third-order valence-corrected chi connectivity index (χ3v) is 1.65. The smallest absolute Gasteiger partial charge is 0.145 e. The van der Waals surface area contributed by atoms with E-state index in [0.717, 1.165) is 0 Å². The van der Waals surface area contributed by atoms with Crippen molar-refractivity contribution in [1.29, 1.82) is 0 Å². The highest BCUT2D eigenvalue weighted by atomic mass is 16.5. The molecule has 0 aliphatic rings. The van der Waals surface area contributed by atoms with E-state index in [4.69, 9.17) is 4.52 Å². The first-order chi connectivity index (χ1) is 5.29. The second kappa shape index (κ2) is 1.99. The predicted octanol–water partition coefficient (Wildman–Crippen LogP) is 1.84. The SMILES string of the molecule is Cc1onc2cccc(O)c12. The van der Waals surface area contributed by atoms with Gasteiger partial charge in [-0.05, 0) is 19.1 Å². The summed E-state index contributed by atoms with van der Waals surface area (Å²) in [5.74, 6) is 0.874. The molecule has 2 rings (SSSR count). The van der Waals surface area contributed by atoms with Gasteiger partial charge < -0.3 is 9.63 Å². The van der Waals surface area contributed by atoms with Crippen molar-refractivity contribution in [2.45, 2.75) is 6.92 Å². The number of aromatic nitrogens is 1. The summed E-state index contributed by atoms with van der Waals surface area (Å²) in [6.45, 7) is 1.77. The van der Waals surface area contributed by atoms with Crippen molar-refractivity contribution in [1.82, 2.24) is 5.16 Å². The van der Waals surface area contributed by atoms with Gasteiger partial charge in [0.05, 0.1) is 5.39 Å². The number of aryl methyl sites for hydroxylation is 1. The van der Waals surface area contributed by atoms with Crippen molar-refractivity contribution in [3.63, 3.8) is 0 Å². The summed E-state index contributed by atoms with van der Waals surface area (Å²) in [4.78, 5) is 0. The summed E-state index contributed by atoms with van der Waals surface area (Å²) >= 11 is 0. The molecule has 11 heavy (non-hydrogen) atoms. The third-order valence-electron chi connectivity index (χ3n) is 1.65. The molecule has 1 aromatic carbocycles. The van der Waals surface area contributed by atoms with Crippen molar-refractivity contribution in [3.8, 4) is 5.75 Å². The van der Waals surface area contributed by atoms with Gasteiger partial charge >= 0.3 is 0 Å². The first-order valence-corrected chi connectivity index (χ1v) is 3.33. The lowest BCUT2D eigenvalue weighted by molar-refractivity contribution is 0.404. The molecular weight excluding hydrogens is 142 g/mol. The minimum absolute atomic E-state index is 0.223. The molecule has 1 heterocycles. The van der Waals surface area contributed by atoms with Crippen LogP contribution in [0.25, 0.3) is 10.9 Å². The maximum absolute atomic E-state index is 9.34. The Morgan fingerprint density at radius 2 is 2.27 bits per heavy atom. The average Bonchev–Trinajstić information content (AvgIpc) is 2.34. The lowest BCUT2D eigenvalue weighted by Gasteiger charge is -1.90. The van der Waals surface area contributed by atoms with Crippen LogP contribution in [0.2, 0.25) is 0 Å². The van der Waals surface area contributed by atoms with E-state index in [1.165, 1.54) is 0 Å². The summed E-state index contributed by atoms with van der Waals surface area (Å²) < 4.78 is 4.89. The lowest BCUT2D eigenvalue weighted by atomic mass is 10.2. The number of hydrogen-bond donors (Lipinski definition) is 1. The standard InChI is InChI=1S/C8H7NO2/c1-5-8-6(9-11-5)3-2-4-7(8)10/h2-4,10H,1H3. The first kappa shape index (κ1) is 6.22.